The Kier molecular flexibility index (Phi) is 4.20. The number of rotatable bonds is 4. The fourth-order valence-corrected chi connectivity index (χ4v) is 0.640. The van der Waals surface area contributed by atoms with Crippen molar-refractivity contribution in [2.45, 2.75) is 38.8 Å². The largest absolute Gasteiger partial charge is 0.481 e. The van der Waals surface area contributed by atoms with E-state index < -0.39 is 12.0 Å². The molecule has 4 heteroatoms. The molecule has 0 heterocycles. The van der Waals surface area contributed by atoms with Gasteiger partial charge in [-0.25, -0.2) is 0 Å². The molecule has 0 fully saturated rings. The van der Waals surface area contributed by atoms with E-state index in [-0.39, 0.29) is 18.6 Å². The van der Waals surface area contributed by atoms with Crippen molar-refractivity contribution in [1.29, 1.82) is 0 Å². The number of hydrogen-bond donors (Lipinski definition) is 2. The van der Waals surface area contributed by atoms with E-state index in [1.807, 2.05) is 20.8 Å². The van der Waals surface area contributed by atoms with Crippen molar-refractivity contribution in [3.05, 3.63) is 0 Å². The highest BCUT2D eigenvalue weighted by Crippen LogP contribution is 2.07. The van der Waals surface area contributed by atoms with Gasteiger partial charge in [0.05, 0.1) is 18.6 Å². The maximum atomic E-state index is 10.2. The molecule has 0 radical (unpaired) electrons. The van der Waals surface area contributed by atoms with Gasteiger partial charge >= 0.3 is 5.97 Å². The first kappa shape index (κ1) is 11.4. The molecule has 0 saturated carbocycles. The molecule has 0 unspecified atom stereocenters. The van der Waals surface area contributed by atoms with Gasteiger partial charge in [-0.1, -0.05) is 0 Å². The first-order chi connectivity index (χ1) is 5.31. The summed E-state index contributed by atoms with van der Waals surface area (Å²) in [6, 6.07) is -0.415. The zero-order valence-electron chi connectivity index (χ0n) is 7.83. The van der Waals surface area contributed by atoms with Crippen LogP contribution in [0.4, 0.5) is 0 Å². The molecule has 72 valence electrons. The smallest absolute Gasteiger partial charge is 0.305 e. The summed E-state index contributed by atoms with van der Waals surface area (Å²) in [5.74, 6) is -0.889. The molecule has 0 rings (SSSR count). The third-order valence-corrected chi connectivity index (χ3v) is 1.17. The summed E-state index contributed by atoms with van der Waals surface area (Å²) < 4.78 is 5.30. The molecule has 12 heavy (non-hydrogen) atoms. The first-order valence-electron chi connectivity index (χ1n) is 3.92. The molecule has 0 aromatic heterocycles. The minimum atomic E-state index is -0.889. The van der Waals surface area contributed by atoms with Crippen LogP contribution in [0.5, 0.6) is 0 Å². The number of carbonyl (C=O) groups is 1. The first-order valence-corrected chi connectivity index (χ1v) is 3.92. The number of nitrogens with two attached hydrogens (primary N) is 1. The maximum absolute atomic E-state index is 10.2. The average Bonchev–Trinajstić information content (AvgIpc) is 1.80. The fraction of sp³-hybridized carbons (Fsp3) is 0.875. The second-order valence-electron chi connectivity index (χ2n) is 3.78. The van der Waals surface area contributed by atoms with Gasteiger partial charge in [-0.3, -0.25) is 4.79 Å². The third-order valence-electron chi connectivity index (χ3n) is 1.17. The minimum Gasteiger partial charge on any atom is -0.481 e. The zero-order chi connectivity index (χ0) is 9.78. The molecular weight excluding hydrogens is 158 g/mol. The number of carboxylic acid groups (broad SMARTS) is 1. The summed E-state index contributed by atoms with van der Waals surface area (Å²) in [5.41, 5.74) is 5.22. The fourth-order valence-electron chi connectivity index (χ4n) is 0.640. The second kappa shape index (κ2) is 4.42. The molecule has 0 aromatic carbocycles. The van der Waals surface area contributed by atoms with Crippen LogP contribution in [0.25, 0.3) is 0 Å². The minimum absolute atomic E-state index is 0.0456. The molecule has 0 aliphatic heterocycles. The number of ether oxygens (including phenoxy) is 1. The Morgan fingerprint density at radius 3 is 2.42 bits per heavy atom. The SMILES string of the molecule is CC(C)(C)OC[C@H](N)CC(=O)O. The number of carboxylic acids is 1. The Labute approximate surface area is 72.7 Å². The predicted molar refractivity (Wildman–Crippen MR) is 45.9 cm³/mol. The molecule has 3 N–H and O–H groups in total. The molecule has 0 amide bonds. The topological polar surface area (TPSA) is 72.5 Å². The van der Waals surface area contributed by atoms with Gasteiger partial charge in [0, 0.05) is 6.04 Å². The molecule has 4 nitrogen and oxygen atoms in total. The van der Waals surface area contributed by atoms with E-state index in [4.69, 9.17) is 15.6 Å². The number of hydrogen-bond acceptors (Lipinski definition) is 3. The molecule has 0 aliphatic carbocycles. The van der Waals surface area contributed by atoms with Gasteiger partial charge in [-0.05, 0) is 20.8 Å². The van der Waals surface area contributed by atoms with Crippen molar-refractivity contribution in [2.75, 3.05) is 6.61 Å². The summed E-state index contributed by atoms with van der Waals surface area (Å²) in [7, 11) is 0. The quantitative estimate of drug-likeness (QED) is 0.656. The summed E-state index contributed by atoms with van der Waals surface area (Å²) >= 11 is 0. The van der Waals surface area contributed by atoms with Gasteiger partial charge in [0.15, 0.2) is 0 Å². The normalized spacial score (nSPS) is 14.3. The van der Waals surface area contributed by atoms with Crippen molar-refractivity contribution < 1.29 is 14.6 Å². The molecule has 0 aromatic rings. The Morgan fingerprint density at radius 2 is 2.08 bits per heavy atom. The zero-order valence-corrected chi connectivity index (χ0v) is 7.83. The Bertz CT molecular complexity index is 151. The van der Waals surface area contributed by atoms with Gasteiger partial charge in [-0.2, -0.15) is 0 Å². The summed E-state index contributed by atoms with van der Waals surface area (Å²) in [6.45, 7) is 6.00. The van der Waals surface area contributed by atoms with Crippen molar-refractivity contribution >= 4 is 5.97 Å². The van der Waals surface area contributed by atoms with Crippen molar-refractivity contribution in [2.24, 2.45) is 5.73 Å². The molecule has 0 bridgehead atoms. The highest BCUT2D eigenvalue weighted by molar-refractivity contribution is 5.67. The summed E-state index contributed by atoms with van der Waals surface area (Å²) in [4.78, 5) is 10.2. The monoisotopic (exact) mass is 175 g/mol. The van der Waals surface area contributed by atoms with Crippen molar-refractivity contribution in [3.8, 4) is 0 Å². The molecule has 0 aliphatic rings. The third kappa shape index (κ3) is 7.50. The predicted octanol–water partition coefficient (Wildman–Crippen LogP) is 0.603. The van der Waals surface area contributed by atoms with E-state index in [0.29, 0.717) is 0 Å². The van der Waals surface area contributed by atoms with Crippen LogP contribution in [0.3, 0.4) is 0 Å². The van der Waals surface area contributed by atoms with E-state index in [1.54, 1.807) is 0 Å². The summed E-state index contributed by atoms with van der Waals surface area (Å²) in [6.07, 6.45) is -0.0456. The number of aliphatic carboxylic acids is 1. The summed E-state index contributed by atoms with van der Waals surface area (Å²) in [5, 5.41) is 8.38. The average molecular weight is 175 g/mol. The van der Waals surface area contributed by atoms with E-state index in [9.17, 15) is 4.79 Å². The van der Waals surface area contributed by atoms with E-state index in [2.05, 4.69) is 0 Å². The van der Waals surface area contributed by atoms with Crippen LogP contribution in [-0.2, 0) is 9.53 Å². The Morgan fingerprint density at radius 1 is 1.58 bits per heavy atom. The van der Waals surface area contributed by atoms with E-state index in [1.165, 1.54) is 0 Å². The Hall–Kier alpha value is -0.610. The lowest BCUT2D eigenvalue weighted by Gasteiger charge is -2.21. The van der Waals surface area contributed by atoms with E-state index in [0.717, 1.165) is 0 Å². The van der Waals surface area contributed by atoms with Crippen LogP contribution in [0.2, 0.25) is 0 Å². The van der Waals surface area contributed by atoms with Crippen LogP contribution in [0.1, 0.15) is 27.2 Å². The lowest BCUT2D eigenvalue weighted by atomic mass is 10.2. The van der Waals surface area contributed by atoms with Crippen LogP contribution < -0.4 is 5.73 Å². The van der Waals surface area contributed by atoms with Gasteiger partial charge in [0.2, 0.25) is 0 Å². The van der Waals surface area contributed by atoms with Gasteiger partial charge in [0.1, 0.15) is 0 Å². The van der Waals surface area contributed by atoms with Crippen LogP contribution in [0.15, 0.2) is 0 Å². The van der Waals surface area contributed by atoms with Crippen LogP contribution >= 0.6 is 0 Å². The lowest BCUT2D eigenvalue weighted by molar-refractivity contribution is -0.138. The maximum Gasteiger partial charge on any atom is 0.305 e. The van der Waals surface area contributed by atoms with Gasteiger partial charge in [0.25, 0.3) is 0 Å². The Balaban J connectivity index is 3.57. The molecule has 1 atom stereocenters. The lowest BCUT2D eigenvalue weighted by Crippen LogP contribution is -2.33. The van der Waals surface area contributed by atoms with Crippen molar-refractivity contribution in [3.63, 3.8) is 0 Å². The molecule has 0 spiro atoms. The van der Waals surface area contributed by atoms with Crippen LogP contribution in [0, 0.1) is 0 Å². The van der Waals surface area contributed by atoms with E-state index >= 15 is 0 Å². The standard InChI is InChI=1S/C8H17NO3/c1-8(2,3)12-5-6(9)4-7(10)11/h6H,4-5,9H2,1-3H3,(H,10,11)/t6-/m1/s1. The highest BCUT2D eigenvalue weighted by atomic mass is 16.5. The van der Waals surface area contributed by atoms with Crippen molar-refractivity contribution in [1.82, 2.24) is 0 Å². The highest BCUT2D eigenvalue weighted by Gasteiger charge is 2.14. The molecule has 0 saturated heterocycles. The van der Waals surface area contributed by atoms with Crippen LogP contribution in [-0.4, -0.2) is 29.3 Å². The van der Waals surface area contributed by atoms with Gasteiger partial charge in [-0.15, -0.1) is 0 Å². The second-order valence-corrected chi connectivity index (χ2v) is 3.78. The molecular formula is C8H17NO3. The van der Waals surface area contributed by atoms with Gasteiger partial charge < -0.3 is 15.6 Å².